The van der Waals surface area contributed by atoms with Crippen molar-refractivity contribution < 1.29 is 22.7 Å². The SMILES string of the molecule is C1COCCN1.COC(=O)c1cccc(S(N)(=O)=O)c1. The van der Waals surface area contributed by atoms with Crippen LogP contribution in [0.2, 0.25) is 0 Å². The Balaban J connectivity index is 0.000000276. The van der Waals surface area contributed by atoms with Crippen LogP contribution in [0.4, 0.5) is 0 Å². The molecule has 7 nitrogen and oxygen atoms in total. The third-order valence-electron chi connectivity index (χ3n) is 2.43. The lowest BCUT2D eigenvalue weighted by Crippen LogP contribution is -2.30. The second-order valence-electron chi connectivity index (χ2n) is 3.93. The van der Waals surface area contributed by atoms with Gasteiger partial charge in [0, 0.05) is 13.1 Å². The summed E-state index contributed by atoms with van der Waals surface area (Å²) < 4.78 is 31.3. The molecule has 3 N–H and O–H groups in total. The Morgan fingerprint density at radius 3 is 2.40 bits per heavy atom. The fraction of sp³-hybridized carbons (Fsp3) is 0.417. The molecule has 20 heavy (non-hydrogen) atoms. The molecule has 112 valence electrons. The lowest BCUT2D eigenvalue weighted by molar-refractivity contribution is 0.0600. The number of hydrogen-bond donors (Lipinski definition) is 2. The highest BCUT2D eigenvalue weighted by molar-refractivity contribution is 7.89. The van der Waals surface area contributed by atoms with Crippen LogP contribution in [0.5, 0.6) is 0 Å². The lowest BCUT2D eigenvalue weighted by atomic mass is 10.2. The molecule has 1 aliphatic rings. The number of ether oxygens (including phenoxy) is 2. The molecule has 0 atom stereocenters. The van der Waals surface area contributed by atoms with Crippen LogP contribution in [0.25, 0.3) is 0 Å². The maximum Gasteiger partial charge on any atom is 0.337 e. The molecule has 1 saturated heterocycles. The minimum absolute atomic E-state index is 0.111. The minimum Gasteiger partial charge on any atom is -0.465 e. The van der Waals surface area contributed by atoms with Gasteiger partial charge in [0.2, 0.25) is 10.0 Å². The average Bonchev–Trinajstić information content (AvgIpc) is 2.48. The van der Waals surface area contributed by atoms with Gasteiger partial charge in [0.25, 0.3) is 0 Å². The van der Waals surface area contributed by atoms with E-state index in [1.165, 1.54) is 31.4 Å². The Labute approximate surface area is 118 Å². The van der Waals surface area contributed by atoms with Crippen LogP contribution >= 0.6 is 0 Å². The maximum atomic E-state index is 11.0. The van der Waals surface area contributed by atoms with Crippen LogP contribution in [-0.4, -0.2) is 47.8 Å². The van der Waals surface area contributed by atoms with E-state index in [9.17, 15) is 13.2 Å². The standard InChI is InChI=1S/C8H9NO4S.C4H9NO/c1-13-8(10)6-3-2-4-7(5-6)14(9,11)12;1-3-6-4-2-5-1/h2-5H,1H3,(H2,9,11,12);5H,1-4H2. The summed E-state index contributed by atoms with van der Waals surface area (Å²) in [7, 11) is -2.56. The Hall–Kier alpha value is -1.48. The van der Waals surface area contributed by atoms with E-state index < -0.39 is 16.0 Å². The van der Waals surface area contributed by atoms with Crippen LogP contribution in [0.15, 0.2) is 29.2 Å². The fourth-order valence-electron chi connectivity index (χ4n) is 1.43. The molecule has 0 radical (unpaired) electrons. The first-order valence-electron chi connectivity index (χ1n) is 5.95. The van der Waals surface area contributed by atoms with Crippen molar-refractivity contribution in [2.24, 2.45) is 5.14 Å². The number of nitrogens with one attached hydrogen (secondary N) is 1. The van der Waals surface area contributed by atoms with Gasteiger partial charge in [0.15, 0.2) is 0 Å². The Kier molecular flexibility index (Phi) is 6.59. The molecular formula is C12H18N2O5S. The number of rotatable bonds is 2. The van der Waals surface area contributed by atoms with E-state index in [2.05, 4.69) is 10.1 Å². The molecule has 0 saturated carbocycles. The molecule has 0 aromatic heterocycles. The minimum atomic E-state index is -3.77. The largest absolute Gasteiger partial charge is 0.465 e. The summed E-state index contributed by atoms with van der Waals surface area (Å²) in [6.07, 6.45) is 0. The van der Waals surface area contributed by atoms with Gasteiger partial charge in [-0.3, -0.25) is 0 Å². The van der Waals surface area contributed by atoms with Crippen molar-refractivity contribution in [3.05, 3.63) is 29.8 Å². The van der Waals surface area contributed by atoms with Crippen LogP contribution in [0.3, 0.4) is 0 Å². The summed E-state index contributed by atoms with van der Waals surface area (Å²) >= 11 is 0. The zero-order valence-corrected chi connectivity index (χ0v) is 12.0. The highest BCUT2D eigenvalue weighted by Crippen LogP contribution is 2.10. The molecule has 1 fully saturated rings. The quantitative estimate of drug-likeness (QED) is 0.728. The fourth-order valence-corrected chi connectivity index (χ4v) is 1.99. The van der Waals surface area contributed by atoms with Crippen LogP contribution in [0.1, 0.15) is 10.4 Å². The molecule has 0 amide bonds. The lowest BCUT2D eigenvalue weighted by Gasteiger charge is -2.10. The predicted molar refractivity (Wildman–Crippen MR) is 72.8 cm³/mol. The van der Waals surface area contributed by atoms with E-state index >= 15 is 0 Å². The summed E-state index contributed by atoms with van der Waals surface area (Å²) in [5, 5.41) is 8.05. The van der Waals surface area contributed by atoms with Gasteiger partial charge < -0.3 is 14.8 Å². The van der Waals surface area contributed by atoms with Crippen molar-refractivity contribution in [3.63, 3.8) is 0 Å². The van der Waals surface area contributed by atoms with Crippen LogP contribution in [0, 0.1) is 0 Å². The van der Waals surface area contributed by atoms with E-state index in [-0.39, 0.29) is 10.5 Å². The first-order valence-corrected chi connectivity index (χ1v) is 7.49. The summed E-state index contributed by atoms with van der Waals surface area (Å²) in [4.78, 5) is 10.9. The smallest absolute Gasteiger partial charge is 0.337 e. The van der Waals surface area contributed by atoms with Gasteiger partial charge in [0.1, 0.15) is 0 Å². The van der Waals surface area contributed by atoms with Gasteiger partial charge in [-0.2, -0.15) is 0 Å². The first-order chi connectivity index (χ1) is 9.45. The zero-order valence-electron chi connectivity index (χ0n) is 11.2. The molecule has 0 aliphatic carbocycles. The molecule has 1 aliphatic heterocycles. The monoisotopic (exact) mass is 302 g/mol. The maximum absolute atomic E-state index is 11.0. The topological polar surface area (TPSA) is 108 Å². The van der Waals surface area contributed by atoms with Gasteiger partial charge in [-0.1, -0.05) is 6.07 Å². The first kappa shape index (κ1) is 16.6. The summed E-state index contributed by atoms with van der Waals surface area (Å²) in [6.45, 7) is 3.83. The summed E-state index contributed by atoms with van der Waals surface area (Å²) in [5.41, 5.74) is 0.152. The van der Waals surface area contributed by atoms with Gasteiger partial charge in [0.05, 0.1) is 30.8 Å². The van der Waals surface area contributed by atoms with Gasteiger partial charge >= 0.3 is 5.97 Å². The molecule has 1 aromatic rings. The molecule has 1 heterocycles. The van der Waals surface area contributed by atoms with E-state index in [0.29, 0.717) is 0 Å². The second-order valence-corrected chi connectivity index (χ2v) is 5.49. The second kappa shape index (κ2) is 7.95. The number of esters is 1. The summed E-state index contributed by atoms with van der Waals surface area (Å²) in [6, 6.07) is 5.34. The third-order valence-corrected chi connectivity index (χ3v) is 3.34. The molecule has 2 rings (SSSR count). The molecule has 8 heteroatoms. The van der Waals surface area contributed by atoms with Gasteiger partial charge in [-0.25, -0.2) is 18.4 Å². The molecule has 0 unspecified atom stereocenters. The highest BCUT2D eigenvalue weighted by Gasteiger charge is 2.11. The number of nitrogens with two attached hydrogens (primary N) is 1. The third kappa shape index (κ3) is 5.66. The van der Waals surface area contributed by atoms with Crippen LogP contribution in [-0.2, 0) is 19.5 Å². The highest BCUT2D eigenvalue weighted by atomic mass is 32.2. The summed E-state index contributed by atoms with van der Waals surface area (Å²) in [5.74, 6) is -0.601. The normalized spacial score (nSPS) is 14.9. The van der Waals surface area contributed by atoms with E-state index in [0.717, 1.165) is 26.3 Å². The van der Waals surface area contributed by atoms with Crippen molar-refractivity contribution in [1.29, 1.82) is 0 Å². The Morgan fingerprint density at radius 1 is 1.35 bits per heavy atom. The molecule has 0 bridgehead atoms. The van der Waals surface area contributed by atoms with Crippen molar-refractivity contribution in [3.8, 4) is 0 Å². The van der Waals surface area contributed by atoms with Crippen molar-refractivity contribution >= 4 is 16.0 Å². The Bertz CT molecular complexity index is 529. The van der Waals surface area contributed by atoms with E-state index in [1.54, 1.807) is 0 Å². The van der Waals surface area contributed by atoms with Gasteiger partial charge in [-0.05, 0) is 18.2 Å². The van der Waals surface area contributed by atoms with Crippen molar-refractivity contribution in [2.75, 3.05) is 33.4 Å². The van der Waals surface area contributed by atoms with E-state index in [4.69, 9.17) is 9.88 Å². The number of sulfonamides is 1. The number of methoxy groups -OCH3 is 1. The Morgan fingerprint density at radius 2 is 2.00 bits per heavy atom. The molecular weight excluding hydrogens is 284 g/mol. The van der Waals surface area contributed by atoms with Crippen LogP contribution < -0.4 is 10.5 Å². The number of carbonyl (C=O) groups excluding carboxylic acids is 1. The number of morpholine rings is 1. The van der Waals surface area contributed by atoms with Gasteiger partial charge in [-0.15, -0.1) is 0 Å². The number of carbonyl (C=O) groups is 1. The van der Waals surface area contributed by atoms with Crippen molar-refractivity contribution in [2.45, 2.75) is 4.90 Å². The van der Waals surface area contributed by atoms with Crippen molar-refractivity contribution in [1.82, 2.24) is 5.32 Å². The number of benzene rings is 1. The predicted octanol–water partition coefficient (Wildman–Crippen LogP) is -0.273. The number of primary sulfonamides is 1. The average molecular weight is 302 g/mol. The molecule has 1 aromatic carbocycles. The van der Waals surface area contributed by atoms with E-state index in [1.807, 2.05) is 0 Å². The molecule has 0 spiro atoms. The zero-order chi connectivity index (χ0) is 15.0. The number of hydrogen-bond acceptors (Lipinski definition) is 6.